The zero-order chi connectivity index (χ0) is 15.6. The van der Waals surface area contributed by atoms with Crippen LogP contribution in [-0.4, -0.2) is 64.1 Å². The summed E-state index contributed by atoms with van der Waals surface area (Å²) in [6.07, 6.45) is 4.10. The van der Waals surface area contributed by atoms with Gasteiger partial charge >= 0.3 is 0 Å². The van der Waals surface area contributed by atoms with E-state index in [0.29, 0.717) is 0 Å². The molecule has 1 unspecified atom stereocenters. The van der Waals surface area contributed by atoms with Gasteiger partial charge in [0.15, 0.2) is 0 Å². The smallest absolute Gasteiger partial charge is 0.251 e. The van der Waals surface area contributed by atoms with Crippen LogP contribution in [0.2, 0.25) is 0 Å². The fourth-order valence-corrected chi connectivity index (χ4v) is 3.23. The average molecular weight is 312 g/mol. The van der Waals surface area contributed by atoms with E-state index in [9.17, 15) is 13.6 Å². The number of likely N-dealkylation sites (tertiary alicyclic amines) is 2. The molecule has 0 saturated carbocycles. The second-order valence-corrected chi connectivity index (χ2v) is 6.24. The summed E-state index contributed by atoms with van der Waals surface area (Å²) < 4.78 is 28.2. The van der Waals surface area contributed by atoms with Crippen LogP contribution in [0.3, 0.4) is 0 Å². The first-order chi connectivity index (χ1) is 10.5. The third-order valence-corrected chi connectivity index (χ3v) is 4.63. The number of piperidine rings is 1. The second kappa shape index (κ2) is 6.32. The quantitative estimate of drug-likeness (QED) is 0.845. The normalized spacial score (nSPS) is 25.5. The molecule has 5 nitrogen and oxygen atoms in total. The van der Waals surface area contributed by atoms with Crippen molar-refractivity contribution in [2.75, 3.05) is 32.7 Å². The first-order valence-electron chi connectivity index (χ1n) is 7.90. The largest absolute Gasteiger partial charge is 0.342 e. The Morgan fingerprint density at radius 3 is 2.68 bits per heavy atom. The van der Waals surface area contributed by atoms with Crippen LogP contribution in [0, 0.1) is 5.92 Å². The van der Waals surface area contributed by atoms with Crippen LogP contribution >= 0.6 is 0 Å². The van der Waals surface area contributed by atoms with Crippen molar-refractivity contribution in [1.82, 2.24) is 19.6 Å². The van der Waals surface area contributed by atoms with Crippen molar-refractivity contribution >= 4 is 5.91 Å². The third-order valence-electron chi connectivity index (χ3n) is 4.63. The van der Waals surface area contributed by atoms with E-state index in [2.05, 4.69) is 10.00 Å². The summed E-state index contributed by atoms with van der Waals surface area (Å²) in [5.74, 6) is -2.58. The number of halogens is 2. The van der Waals surface area contributed by atoms with E-state index in [1.54, 1.807) is 11.1 Å². The van der Waals surface area contributed by atoms with Crippen LogP contribution in [0.25, 0.3) is 0 Å². The Hall–Kier alpha value is -1.50. The number of aromatic nitrogens is 2. The summed E-state index contributed by atoms with van der Waals surface area (Å²) in [6, 6.07) is 1.89. The molecule has 0 radical (unpaired) electrons. The average Bonchev–Trinajstić information content (AvgIpc) is 3.16. The number of rotatable bonds is 4. The van der Waals surface area contributed by atoms with Gasteiger partial charge in [0.05, 0.1) is 12.5 Å². The first-order valence-corrected chi connectivity index (χ1v) is 7.90. The van der Waals surface area contributed by atoms with Crippen LogP contribution in [0.4, 0.5) is 8.78 Å². The standard InChI is InChI=1S/C15H22F2N4O/c16-15(17)3-8-20(9-4-15)14(22)13-2-7-19(12-13)10-11-21-6-1-5-18-21/h1,5-6,13H,2-4,7-12H2. The monoisotopic (exact) mass is 312 g/mol. The summed E-state index contributed by atoms with van der Waals surface area (Å²) in [5, 5.41) is 4.16. The highest BCUT2D eigenvalue weighted by atomic mass is 19.3. The number of carbonyl (C=O) groups excluding carboxylic acids is 1. The van der Waals surface area contributed by atoms with E-state index in [0.717, 1.165) is 32.6 Å². The van der Waals surface area contributed by atoms with Gasteiger partial charge in [0.2, 0.25) is 5.91 Å². The Morgan fingerprint density at radius 2 is 2.00 bits per heavy atom. The fraction of sp³-hybridized carbons (Fsp3) is 0.733. The molecule has 122 valence electrons. The molecule has 3 heterocycles. The van der Waals surface area contributed by atoms with E-state index < -0.39 is 5.92 Å². The Balaban J connectivity index is 1.45. The number of alkyl halides is 2. The van der Waals surface area contributed by atoms with Crippen LogP contribution in [0.5, 0.6) is 0 Å². The molecule has 2 aliphatic rings. The molecule has 1 aromatic heterocycles. The highest BCUT2D eigenvalue weighted by molar-refractivity contribution is 5.79. The Labute approximate surface area is 128 Å². The molecule has 0 bridgehead atoms. The molecular formula is C15H22F2N4O. The molecule has 1 atom stereocenters. The van der Waals surface area contributed by atoms with Gasteiger partial charge in [0, 0.05) is 51.4 Å². The maximum absolute atomic E-state index is 13.2. The Kier molecular flexibility index (Phi) is 4.42. The molecule has 0 aliphatic carbocycles. The van der Waals surface area contributed by atoms with Crippen molar-refractivity contribution in [2.24, 2.45) is 5.92 Å². The summed E-state index contributed by atoms with van der Waals surface area (Å²) in [5.41, 5.74) is 0. The predicted octanol–water partition coefficient (Wildman–Crippen LogP) is 1.46. The van der Waals surface area contributed by atoms with Crippen molar-refractivity contribution in [3.8, 4) is 0 Å². The zero-order valence-corrected chi connectivity index (χ0v) is 12.6. The lowest BCUT2D eigenvalue weighted by Gasteiger charge is -2.33. The van der Waals surface area contributed by atoms with Gasteiger partial charge in [0.25, 0.3) is 5.92 Å². The predicted molar refractivity (Wildman–Crippen MR) is 77.5 cm³/mol. The van der Waals surface area contributed by atoms with Gasteiger partial charge < -0.3 is 9.80 Å². The topological polar surface area (TPSA) is 41.4 Å². The van der Waals surface area contributed by atoms with Crippen LogP contribution in [-0.2, 0) is 11.3 Å². The van der Waals surface area contributed by atoms with Crippen molar-refractivity contribution in [2.45, 2.75) is 31.7 Å². The molecule has 3 rings (SSSR count). The molecule has 0 N–H and O–H groups in total. The molecule has 2 aliphatic heterocycles. The Bertz CT molecular complexity index is 496. The lowest BCUT2D eigenvalue weighted by atomic mass is 10.0. The molecule has 22 heavy (non-hydrogen) atoms. The minimum absolute atomic E-state index is 0.0376. The maximum atomic E-state index is 13.2. The number of hydrogen-bond donors (Lipinski definition) is 0. The molecule has 0 aromatic carbocycles. The van der Waals surface area contributed by atoms with Crippen molar-refractivity contribution in [3.63, 3.8) is 0 Å². The van der Waals surface area contributed by atoms with E-state index >= 15 is 0 Å². The number of carbonyl (C=O) groups is 1. The van der Waals surface area contributed by atoms with Gasteiger partial charge in [-0.3, -0.25) is 9.48 Å². The number of nitrogens with zero attached hydrogens (tertiary/aromatic N) is 4. The highest BCUT2D eigenvalue weighted by Gasteiger charge is 2.38. The van der Waals surface area contributed by atoms with Gasteiger partial charge in [0.1, 0.15) is 0 Å². The van der Waals surface area contributed by atoms with Crippen LogP contribution in [0.15, 0.2) is 18.5 Å². The van der Waals surface area contributed by atoms with Gasteiger partial charge in [-0.25, -0.2) is 8.78 Å². The van der Waals surface area contributed by atoms with Gasteiger partial charge in [-0.1, -0.05) is 0 Å². The maximum Gasteiger partial charge on any atom is 0.251 e. The second-order valence-electron chi connectivity index (χ2n) is 6.24. The molecule has 1 aromatic rings. The lowest BCUT2D eigenvalue weighted by molar-refractivity contribution is -0.141. The SMILES string of the molecule is O=C(C1CCN(CCn2cccn2)C1)N1CCC(F)(F)CC1. The molecule has 2 fully saturated rings. The van der Waals surface area contributed by atoms with Gasteiger partial charge in [-0.2, -0.15) is 5.10 Å². The molecule has 1 amide bonds. The molecule has 2 saturated heterocycles. The van der Waals surface area contributed by atoms with Crippen molar-refractivity contribution < 1.29 is 13.6 Å². The number of amides is 1. The fourth-order valence-electron chi connectivity index (χ4n) is 3.23. The van der Waals surface area contributed by atoms with Crippen LogP contribution in [0.1, 0.15) is 19.3 Å². The van der Waals surface area contributed by atoms with E-state index in [4.69, 9.17) is 0 Å². The Morgan fingerprint density at radius 1 is 1.23 bits per heavy atom. The molecule has 7 heteroatoms. The minimum Gasteiger partial charge on any atom is -0.342 e. The molecule has 0 spiro atoms. The molecular weight excluding hydrogens is 290 g/mol. The zero-order valence-electron chi connectivity index (χ0n) is 12.6. The number of hydrogen-bond acceptors (Lipinski definition) is 3. The first kappa shape index (κ1) is 15.4. The summed E-state index contributed by atoms with van der Waals surface area (Å²) >= 11 is 0. The van der Waals surface area contributed by atoms with E-state index in [-0.39, 0.29) is 37.8 Å². The summed E-state index contributed by atoms with van der Waals surface area (Å²) in [7, 11) is 0. The van der Waals surface area contributed by atoms with Crippen molar-refractivity contribution in [1.29, 1.82) is 0 Å². The summed E-state index contributed by atoms with van der Waals surface area (Å²) in [6.45, 7) is 3.67. The van der Waals surface area contributed by atoms with Crippen LogP contribution < -0.4 is 0 Å². The van der Waals surface area contributed by atoms with E-state index in [1.807, 2.05) is 16.9 Å². The van der Waals surface area contributed by atoms with Gasteiger partial charge in [-0.05, 0) is 19.0 Å². The minimum atomic E-state index is -2.59. The van der Waals surface area contributed by atoms with E-state index in [1.165, 1.54) is 0 Å². The van der Waals surface area contributed by atoms with Gasteiger partial charge in [-0.15, -0.1) is 0 Å². The lowest BCUT2D eigenvalue weighted by Crippen LogP contribution is -2.45. The third kappa shape index (κ3) is 3.63. The highest BCUT2D eigenvalue weighted by Crippen LogP contribution is 2.29. The van der Waals surface area contributed by atoms with Crippen molar-refractivity contribution in [3.05, 3.63) is 18.5 Å². The summed E-state index contributed by atoms with van der Waals surface area (Å²) in [4.78, 5) is 16.3.